The van der Waals surface area contributed by atoms with Crippen molar-refractivity contribution in [3.63, 3.8) is 0 Å². The van der Waals surface area contributed by atoms with Crippen molar-refractivity contribution in [3.05, 3.63) is 40.5 Å². The predicted molar refractivity (Wildman–Crippen MR) is 66.1 cm³/mol. The first kappa shape index (κ1) is 11.3. The summed E-state index contributed by atoms with van der Waals surface area (Å²) in [5, 5.41) is 3.30. The highest BCUT2D eigenvalue weighted by Gasteiger charge is 2.04. The van der Waals surface area contributed by atoms with Crippen LogP contribution in [0.2, 0.25) is 0 Å². The summed E-state index contributed by atoms with van der Waals surface area (Å²) in [6.07, 6.45) is 4.05. The van der Waals surface area contributed by atoms with Gasteiger partial charge >= 0.3 is 0 Å². The molecule has 1 aromatic rings. The molecule has 0 unspecified atom stereocenters. The summed E-state index contributed by atoms with van der Waals surface area (Å²) in [5.74, 6) is 0. The fourth-order valence-corrected chi connectivity index (χ4v) is 1.41. The molecule has 0 heterocycles. The van der Waals surface area contributed by atoms with Gasteiger partial charge in [-0.05, 0) is 44.7 Å². The van der Waals surface area contributed by atoms with Crippen LogP contribution >= 0.6 is 15.9 Å². The van der Waals surface area contributed by atoms with Crippen molar-refractivity contribution in [2.45, 2.75) is 26.3 Å². The lowest BCUT2D eigenvalue weighted by atomic mass is 10.1. The Kier molecular flexibility index (Phi) is 3.76. The zero-order valence-electron chi connectivity index (χ0n) is 8.84. The summed E-state index contributed by atoms with van der Waals surface area (Å²) in [6, 6.07) is 8.15. The lowest BCUT2D eigenvalue weighted by molar-refractivity contribution is 0.492. The second kappa shape index (κ2) is 4.65. The van der Waals surface area contributed by atoms with Crippen molar-refractivity contribution in [1.29, 1.82) is 0 Å². The van der Waals surface area contributed by atoms with Crippen LogP contribution in [0.1, 0.15) is 26.3 Å². The molecule has 0 aliphatic rings. The Balaban J connectivity index is 2.65. The maximum absolute atomic E-state index is 3.50. The molecule has 0 aliphatic carbocycles. The molecule has 1 nitrogen and oxygen atoms in total. The van der Waals surface area contributed by atoms with Gasteiger partial charge in [-0.25, -0.2) is 0 Å². The summed E-state index contributed by atoms with van der Waals surface area (Å²) in [5.41, 5.74) is 1.31. The van der Waals surface area contributed by atoms with Gasteiger partial charge in [-0.2, -0.15) is 0 Å². The molecule has 1 N–H and O–H groups in total. The molecular weight excluding hydrogens is 238 g/mol. The Morgan fingerprint density at radius 3 is 2.43 bits per heavy atom. The van der Waals surface area contributed by atoms with Gasteiger partial charge in [-0.1, -0.05) is 34.1 Å². The van der Waals surface area contributed by atoms with Gasteiger partial charge in [0.25, 0.3) is 0 Å². The molecule has 0 spiro atoms. The molecule has 0 amide bonds. The van der Waals surface area contributed by atoms with Crippen LogP contribution in [-0.2, 0) is 0 Å². The topological polar surface area (TPSA) is 12.0 Å². The minimum atomic E-state index is 0.123. The molecule has 0 bridgehead atoms. The van der Waals surface area contributed by atoms with Gasteiger partial charge < -0.3 is 5.32 Å². The maximum atomic E-state index is 3.50. The van der Waals surface area contributed by atoms with Crippen LogP contribution in [0, 0.1) is 0 Å². The minimum Gasteiger partial charge on any atom is -0.386 e. The lowest BCUT2D eigenvalue weighted by Gasteiger charge is -2.18. The van der Waals surface area contributed by atoms with E-state index in [-0.39, 0.29) is 5.54 Å². The number of nitrogens with one attached hydrogen (secondary N) is 1. The molecule has 0 radical (unpaired) electrons. The van der Waals surface area contributed by atoms with Crippen LogP contribution < -0.4 is 5.32 Å². The average Bonchev–Trinajstić information content (AvgIpc) is 2.06. The number of benzene rings is 1. The van der Waals surface area contributed by atoms with E-state index < -0.39 is 0 Å². The third kappa shape index (κ3) is 3.97. The maximum Gasteiger partial charge on any atom is 0.0283 e. The zero-order chi connectivity index (χ0) is 10.6. The van der Waals surface area contributed by atoms with Crippen molar-refractivity contribution in [2.75, 3.05) is 0 Å². The summed E-state index contributed by atoms with van der Waals surface area (Å²) in [7, 11) is 0. The molecule has 0 saturated carbocycles. The summed E-state index contributed by atoms with van der Waals surface area (Å²) in [4.78, 5) is 0. The van der Waals surface area contributed by atoms with Crippen LogP contribution in [0.5, 0.6) is 0 Å². The van der Waals surface area contributed by atoms with Gasteiger partial charge in [0.2, 0.25) is 0 Å². The Hall–Kier alpha value is -0.760. The number of hydrogen-bond acceptors (Lipinski definition) is 1. The van der Waals surface area contributed by atoms with Crippen LogP contribution in [-0.4, -0.2) is 5.54 Å². The van der Waals surface area contributed by atoms with E-state index in [4.69, 9.17) is 0 Å². The molecule has 76 valence electrons. The van der Waals surface area contributed by atoms with Crippen LogP contribution in [0.3, 0.4) is 0 Å². The van der Waals surface area contributed by atoms with E-state index in [1.54, 1.807) is 0 Å². The third-order valence-electron chi connectivity index (χ3n) is 1.68. The van der Waals surface area contributed by atoms with E-state index >= 15 is 0 Å². The van der Waals surface area contributed by atoms with Crippen LogP contribution in [0.15, 0.2) is 34.9 Å². The number of rotatable bonds is 2. The number of halogens is 1. The average molecular weight is 254 g/mol. The van der Waals surface area contributed by atoms with E-state index in [1.807, 2.05) is 24.4 Å². The van der Waals surface area contributed by atoms with Gasteiger partial charge in [0.15, 0.2) is 0 Å². The Morgan fingerprint density at radius 2 is 1.86 bits per heavy atom. The molecule has 0 aliphatic heterocycles. The standard InChI is InChI=1S/C12H16BrN/c1-12(2,3)14-9-8-10-6-4-5-7-11(10)13/h4-9,14H,1-3H3/b9-8+. The van der Waals surface area contributed by atoms with Crippen molar-refractivity contribution in [3.8, 4) is 0 Å². The van der Waals surface area contributed by atoms with E-state index in [0.717, 1.165) is 4.47 Å². The Bertz CT molecular complexity index is 323. The highest BCUT2D eigenvalue weighted by Crippen LogP contribution is 2.16. The molecule has 1 aromatic carbocycles. The molecule has 0 atom stereocenters. The van der Waals surface area contributed by atoms with Crippen molar-refractivity contribution < 1.29 is 0 Å². The van der Waals surface area contributed by atoms with Crippen molar-refractivity contribution in [1.82, 2.24) is 5.32 Å². The van der Waals surface area contributed by atoms with Crippen LogP contribution in [0.25, 0.3) is 6.08 Å². The van der Waals surface area contributed by atoms with E-state index in [2.05, 4.69) is 54.2 Å². The number of hydrogen-bond donors (Lipinski definition) is 1. The summed E-state index contributed by atoms with van der Waals surface area (Å²) < 4.78 is 1.12. The van der Waals surface area contributed by atoms with Gasteiger partial charge in [-0.3, -0.25) is 0 Å². The fourth-order valence-electron chi connectivity index (χ4n) is 0.992. The Morgan fingerprint density at radius 1 is 1.21 bits per heavy atom. The van der Waals surface area contributed by atoms with Gasteiger partial charge in [0.05, 0.1) is 0 Å². The third-order valence-corrected chi connectivity index (χ3v) is 2.41. The summed E-state index contributed by atoms with van der Waals surface area (Å²) in [6.45, 7) is 6.41. The first-order valence-corrected chi connectivity index (χ1v) is 5.47. The van der Waals surface area contributed by atoms with Crippen molar-refractivity contribution in [2.24, 2.45) is 0 Å². The Labute approximate surface area is 94.3 Å². The zero-order valence-corrected chi connectivity index (χ0v) is 10.4. The lowest BCUT2D eigenvalue weighted by Crippen LogP contribution is -2.30. The van der Waals surface area contributed by atoms with Gasteiger partial charge in [0, 0.05) is 10.0 Å². The van der Waals surface area contributed by atoms with E-state index in [0.29, 0.717) is 0 Å². The predicted octanol–water partition coefficient (Wildman–Crippen LogP) is 3.81. The molecule has 0 fully saturated rings. The fraction of sp³-hybridized carbons (Fsp3) is 0.333. The molecule has 1 rings (SSSR count). The van der Waals surface area contributed by atoms with E-state index in [1.165, 1.54) is 5.56 Å². The monoisotopic (exact) mass is 253 g/mol. The smallest absolute Gasteiger partial charge is 0.0283 e. The first-order chi connectivity index (χ1) is 6.49. The quantitative estimate of drug-likeness (QED) is 0.846. The summed E-state index contributed by atoms with van der Waals surface area (Å²) >= 11 is 3.50. The van der Waals surface area contributed by atoms with Crippen molar-refractivity contribution >= 4 is 22.0 Å². The highest BCUT2D eigenvalue weighted by molar-refractivity contribution is 9.10. The second-order valence-electron chi connectivity index (χ2n) is 4.25. The van der Waals surface area contributed by atoms with E-state index in [9.17, 15) is 0 Å². The molecule has 2 heteroatoms. The first-order valence-electron chi connectivity index (χ1n) is 4.68. The minimum absolute atomic E-state index is 0.123. The van der Waals surface area contributed by atoms with Gasteiger partial charge in [0.1, 0.15) is 0 Å². The van der Waals surface area contributed by atoms with Crippen LogP contribution in [0.4, 0.5) is 0 Å². The molecule has 14 heavy (non-hydrogen) atoms. The SMILES string of the molecule is CC(C)(C)N/C=C/c1ccccc1Br. The van der Waals surface area contributed by atoms with Gasteiger partial charge in [-0.15, -0.1) is 0 Å². The largest absolute Gasteiger partial charge is 0.386 e. The normalized spacial score (nSPS) is 12.0. The second-order valence-corrected chi connectivity index (χ2v) is 5.10. The molecule has 0 saturated heterocycles. The molecule has 0 aromatic heterocycles. The highest BCUT2D eigenvalue weighted by atomic mass is 79.9. The molecular formula is C12H16BrN.